The summed E-state index contributed by atoms with van der Waals surface area (Å²) in [5.41, 5.74) is 0.786. The Kier molecular flexibility index (Phi) is 7.15. The monoisotopic (exact) mass is 417 g/mol. The second-order valence-electron chi connectivity index (χ2n) is 7.82. The molecule has 0 unspecified atom stereocenters. The summed E-state index contributed by atoms with van der Waals surface area (Å²) >= 11 is 0. The number of carboxylic acids is 1. The number of nitrogens with zero attached hydrogens (tertiary/aromatic N) is 4. The topological polar surface area (TPSA) is 100 Å². The van der Waals surface area contributed by atoms with Gasteiger partial charge < -0.3 is 19.9 Å². The first-order valence-electron chi connectivity index (χ1n) is 10.2. The molecule has 8 nitrogen and oxygen atoms in total. The van der Waals surface area contributed by atoms with Gasteiger partial charge in [0.25, 0.3) is 5.97 Å². The molecule has 1 aromatic carbocycles. The number of fused-ring (bicyclic) bond motifs is 1. The highest BCUT2D eigenvalue weighted by Crippen LogP contribution is 2.27. The van der Waals surface area contributed by atoms with Crippen molar-refractivity contribution in [2.24, 2.45) is 5.92 Å². The van der Waals surface area contributed by atoms with Crippen molar-refractivity contribution in [2.75, 3.05) is 13.1 Å². The number of aliphatic carboxylic acids is 1. The predicted octanol–water partition coefficient (Wildman–Crippen LogP) is 2.15. The summed E-state index contributed by atoms with van der Waals surface area (Å²) in [6, 6.07) is 6.07. The molecule has 1 saturated heterocycles. The Balaban J connectivity index is 0.000000589. The first-order valence-corrected chi connectivity index (χ1v) is 10.2. The molecule has 2 aromatic rings. The van der Waals surface area contributed by atoms with E-state index in [0.717, 1.165) is 56.5 Å². The Morgan fingerprint density at radius 1 is 1.30 bits per heavy atom. The molecule has 3 heterocycles. The highest BCUT2D eigenvalue weighted by Gasteiger charge is 2.33. The van der Waals surface area contributed by atoms with Crippen molar-refractivity contribution < 1.29 is 19.1 Å². The Hall–Kier alpha value is -2.81. The van der Waals surface area contributed by atoms with Gasteiger partial charge in [-0.05, 0) is 56.5 Å². The molecule has 0 spiro atoms. The molecule has 9 heteroatoms. The quantitative estimate of drug-likeness (QED) is 0.791. The van der Waals surface area contributed by atoms with E-state index in [9.17, 15) is 9.18 Å². The molecular weight excluding hydrogens is 389 g/mol. The average molecular weight is 417 g/mol. The van der Waals surface area contributed by atoms with Crippen LogP contribution < -0.4 is 5.32 Å². The van der Waals surface area contributed by atoms with Crippen LogP contribution in [-0.2, 0) is 29.1 Å². The Labute approximate surface area is 175 Å². The van der Waals surface area contributed by atoms with Crippen LogP contribution in [0.3, 0.4) is 0 Å². The Morgan fingerprint density at radius 3 is 2.67 bits per heavy atom. The van der Waals surface area contributed by atoms with Gasteiger partial charge in [-0.2, -0.15) is 0 Å². The molecule has 1 amide bonds. The lowest BCUT2D eigenvalue weighted by atomic mass is 9.94. The smallest absolute Gasteiger partial charge is 0.300 e. The summed E-state index contributed by atoms with van der Waals surface area (Å²) in [5.74, 6) is 1.24. The van der Waals surface area contributed by atoms with Gasteiger partial charge in [-0.25, -0.2) is 4.39 Å². The van der Waals surface area contributed by atoms with Crippen LogP contribution in [0, 0.1) is 11.7 Å². The SMILES string of the molecule is CC(=O)O.C[C@H]1C(=O)N(Cc2cccc(F)c2)Cc2nnc(CC3CCNCC3)n21. The lowest BCUT2D eigenvalue weighted by Crippen LogP contribution is -2.42. The number of carbonyl (C=O) groups is 2. The van der Waals surface area contributed by atoms with Gasteiger partial charge in [-0.3, -0.25) is 9.59 Å². The standard InChI is InChI=1S/C19H24FN5O.C2H4O2/c1-13-19(26)24(11-15-3-2-4-16(20)9-15)12-18-23-22-17(25(13)18)10-14-5-7-21-8-6-14;1-2(3)4/h2-4,9,13-14,21H,5-8,10-12H2,1H3;1H3,(H,3,4)/t13-;/m0./s1. The van der Waals surface area contributed by atoms with Gasteiger partial charge >= 0.3 is 0 Å². The Bertz CT molecular complexity index is 891. The van der Waals surface area contributed by atoms with E-state index in [1.807, 2.05) is 17.6 Å². The van der Waals surface area contributed by atoms with Gasteiger partial charge in [-0.1, -0.05) is 12.1 Å². The van der Waals surface area contributed by atoms with Crippen molar-refractivity contribution in [1.29, 1.82) is 0 Å². The van der Waals surface area contributed by atoms with Crippen LogP contribution in [0.4, 0.5) is 4.39 Å². The molecule has 1 atom stereocenters. The number of nitrogens with one attached hydrogen (secondary N) is 1. The molecule has 4 rings (SSSR count). The van der Waals surface area contributed by atoms with E-state index in [0.29, 0.717) is 19.0 Å². The maximum Gasteiger partial charge on any atom is 0.300 e. The third-order valence-corrected chi connectivity index (χ3v) is 5.42. The minimum Gasteiger partial charge on any atom is -0.481 e. The normalized spacial score (nSPS) is 19.1. The number of hydrogen-bond donors (Lipinski definition) is 2. The van der Waals surface area contributed by atoms with Crippen LogP contribution in [0.5, 0.6) is 0 Å². The number of aromatic nitrogens is 3. The number of piperidine rings is 1. The van der Waals surface area contributed by atoms with Gasteiger partial charge in [0.2, 0.25) is 5.91 Å². The fourth-order valence-corrected chi connectivity index (χ4v) is 4.01. The Morgan fingerprint density at radius 2 is 2.00 bits per heavy atom. The van der Waals surface area contributed by atoms with E-state index >= 15 is 0 Å². The van der Waals surface area contributed by atoms with Crippen molar-refractivity contribution in [1.82, 2.24) is 25.0 Å². The van der Waals surface area contributed by atoms with Crippen molar-refractivity contribution >= 4 is 11.9 Å². The number of halogens is 1. The molecule has 0 bridgehead atoms. The van der Waals surface area contributed by atoms with Crippen LogP contribution in [0.2, 0.25) is 0 Å². The van der Waals surface area contributed by atoms with Gasteiger partial charge in [0.15, 0.2) is 5.82 Å². The van der Waals surface area contributed by atoms with E-state index in [-0.39, 0.29) is 17.8 Å². The van der Waals surface area contributed by atoms with Crippen LogP contribution in [0.25, 0.3) is 0 Å². The van der Waals surface area contributed by atoms with Crippen LogP contribution >= 0.6 is 0 Å². The molecule has 162 valence electrons. The predicted molar refractivity (Wildman–Crippen MR) is 108 cm³/mol. The number of hydrogen-bond acceptors (Lipinski definition) is 5. The maximum atomic E-state index is 13.4. The van der Waals surface area contributed by atoms with Gasteiger partial charge in [0, 0.05) is 19.9 Å². The van der Waals surface area contributed by atoms with Crippen LogP contribution in [-0.4, -0.2) is 49.7 Å². The minimum absolute atomic E-state index is 0.0353. The largest absolute Gasteiger partial charge is 0.481 e. The second kappa shape index (κ2) is 9.80. The molecule has 2 aliphatic rings. The van der Waals surface area contributed by atoms with Crippen molar-refractivity contribution in [3.8, 4) is 0 Å². The first-order chi connectivity index (χ1) is 14.3. The van der Waals surface area contributed by atoms with E-state index < -0.39 is 5.97 Å². The number of rotatable bonds is 4. The van der Waals surface area contributed by atoms with E-state index in [4.69, 9.17) is 9.90 Å². The summed E-state index contributed by atoms with van der Waals surface area (Å²) in [5, 5.41) is 19.5. The summed E-state index contributed by atoms with van der Waals surface area (Å²) in [6.07, 6.45) is 3.14. The zero-order chi connectivity index (χ0) is 21.7. The molecular formula is C21H28FN5O3. The number of carbonyl (C=O) groups excluding carboxylic acids is 1. The zero-order valence-corrected chi connectivity index (χ0v) is 17.3. The van der Waals surface area contributed by atoms with Gasteiger partial charge in [-0.15, -0.1) is 10.2 Å². The third kappa shape index (κ3) is 5.41. The number of amides is 1. The highest BCUT2D eigenvalue weighted by atomic mass is 19.1. The zero-order valence-electron chi connectivity index (χ0n) is 17.3. The van der Waals surface area contributed by atoms with E-state index in [2.05, 4.69) is 15.5 Å². The van der Waals surface area contributed by atoms with Crippen molar-refractivity contribution in [3.63, 3.8) is 0 Å². The van der Waals surface area contributed by atoms with Gasteiger partial charge in [0.1, 0.15) is 17.7 Å². The molecule has 30 heavy (non-hydrogen) atoms. The molecule has 2 N–H and O–H groups in total. The molecule has 0 saturated carbocycles. The lowest BCUT2D eigenvalue weighted by Gasteiger charge is -2.32. The molecule has 2 aliphatic heterocycles. The molecule has 1 aromatic heterocycles. The van der Waals surface area contributed by atoms with E-state index in [1.54, 1.807) is 11.0 Å². The maximum absolute atomic E-state index is 13.4. The summed E-state index contributed by atoms with van der Waals surface area (Å²) in [4.78, 5) is 23.6. The third-order valence-electron chi connectivity index (χ3n) is 5.42. The molecule has 0 radical (unpaired) electrons. The summed E-state index contributed by atoms with van der Waals surface area (Å²) in [7, 11) is 0. The van der Waals surface area contributed by atoms with Crippen molar-refractivity contribution in [3.05, 3.63) is 47.3 Å². The summed E-state index contributed by atoms with van der Waals surface area (Å²) in [6.45, 7) is 5.87. The summed E-state index contributed by atoms with van der Waals surface area (Å²) < 4.78 is 15.4. The van der Waals surface area contributed by atoms with Crippen molar-refractivity contribution in [2.45, 2.75) is 52.2 Å². The van der Waals surface area contributed by atoms with Crippen LogP contribution in [0.1, 0.15) is 49.9 Å². The number of carboxylic acid groups (broad SMARTS) is 1. The van der Waals surface area contributed by atoms with Crippen LogP contribution in [0.15, 0.2) is 24.3 Å². The highest BCUT2D eigenvalue weighted by molar-refractivity contribution is 5.81. The fourth-order valence-electron chi connectivity index (χ4n) is 4.01. The number of benzene rings is 1. The lowest BCUT2D eigenvalue weighted by molar-refractivity contribution is -0.137. The fraction of sp³-hybridized carbons (Fsp3) is 0.524. The molecule has 1 fully saturated rings. The molecule has 0 aliphatic carbocycles. The average Bonchev–Trinajstić information content (AvgIpc) is 3.09. The second-order valence-corrected chi connectivity index (χ2v) is 7.82. The van der Waals surface area contributed by atoms with Gasteiger partial charge in [0.05, 0.1) is 6.54 Å². The first kappa shape index (κ1) is 21.9. The van der Waals surface area contributed by atoms with E-state index in [1.165, 1.54) is 12.1 Å². The minimum atomic E-state index is -0.833.